The Bertz CT molecular complexity index is 344. The number of hydrogen-bond acceptors (Lipinski definition) is 4. The van der Waals surface area contributed by atoms with Crippen LogP contribution in [0.5, 0.6) is 0 Å². The maximum absolute atomic E-state index is 11.3. The standard InChI is InChI=1S/C14H25BO4/c1-7-17-12(16)9-8-11(2)10-15-18-13(3,4)14(5,6)19-15/h10H,7-9H2,1-6H3/b11-10+. The van der Waals surface area contributed by atoms with Gasteiger partial charge in [0.2, 0.25) is 0 Å². The molecule has 1 saturated heterocycles. The minimum Gasteiger partial charge on any atom is -0.466 e. The molecule has 0 atom stereocenters. The second kappa shape index (κ2) is 6.10. The third kappa shape index (κ3) is 4.35. The fourth-order valence-electron chi connectivity index (χ4n) is 1.80. The molecule has 0 radical (unpaired) electrons. The molecule has 0 spiro atoms. The number of allylic oxidation sites excluding steroid dienone is 1. The summed E-state index contributed by atoms with van der Waals surface area (Å²) in [6, 6.07) is 0. The minimum absolute atomic E-state index is 0.163. The summed E-state index contributed by atoms with van der Waals surface area (Å²) >= 11 is 0. The van der Waals surface area contributed by atoms with Crippen molar-refractivity contribution in [1.82, 2.24) is 0 Å². The predicted molar refractivity (Wildman–Crippen MR) is 75.7 cm³/mol. The molecule has 19 heavy (non-hydrogen) atoms. The zero-order valence-electron chi connectivity index (χ0n) is 12.9. The summed E-state index contributed by atoms with van der Waals surface area (Å²) in [5.74, 6) is 1.78. The van der Waals surface area contributed by atoms with Crippen molar-refractivity contribution in [3.63, 3.8) is 0 Å². The van der Waals surface area contributed by atoms with Gasteiger partial charge in [-0.3, -0.25) is 4.79 Å². The SMILES string of the molecule is CCOC(=O)CC/C(C)=C/B1OC(C)(C)C(C)(C)O1. The summed E-state index contributed by atoms with van der Waals surface area (Å²) in [6.45, 7) is 12.3. The van der Waals surface area contributed by atoms with Crippen molar-refractivity contribution >= 4 is 13.1 Å². The van der Waals surface area contributed by atoms with Crippen LogP contribution in [0.4, 0.5) is 0 Å². The molecule has 0 aliphatic carbocycles. The van der Waals surface area contributed by atoms with E-state index in [4.69, 9.17) is 14.0 Å². The Balaban J connectivity index is 2.50. The summed E-state index contributed by atoms with van der Waals surface area (Å²) in [5, 5.41) is 0. The Hall–Kier alpha value is -0.805. The number of carbonyl (C=O) groups is 1. The molecule has 1 aliphatic heterocycles. The molecular formula is C14H25BO4. The van der Waals surface area contributed by atoms with E-state index in [1.165, 1.54) is 0 Å². The Morgan fingerprint density at radius 1 is 1.16 bits per heavy atom. The van der Waals surface area contributed by atoms with Gasteiger partial charge >= 0.3 is 13.1 Å². The van der Waals surface area contributed by atoms with Crippen LogP contribution in [-0.2, 0) is 18.8 Å². The van der Waals surface area contributed by atoms with E-state index in [2.05, 4.69) is 0 Å². The Kier molecular flexibility index (Phi) is 5.22. The maximum atomic E-state index is 11.3. The normalized spacial score (nSPS) is 21.6. The average Bonchev–Trinajstić information content (AvgIpc) is 2.44. The highest BCUT2D eigenvalue weighted by Gasteiger charge is 2.50. The van der Waals surface area contributed by atoms with Crippen LogP contribution in [0.1, 0.15) is 54.4 Å². The van der Waals surface area contributed by atoms with E-state index in [1.807, 2.05) is 47.5 Å². The fourth-order valence-corrected chi connectivity index (χ4v) is 1.80. The molecule has 5 heteroatoms. The monoisotopic (exact) mass is 268 g/mol. The molecule has 1 rings (SSSR count). The predicted octanol–water partition coefficient (Wildman–Crippen LogP) is 2.91. The smallest absolute Gasteiger partial charge is 0.466 e. The molecule has 0 aromatic carbocycles. The van der Waals surface area contributed by atoms with Crippen LogP contribution >= 0.6 is 0 Å². The van der Waals surface area contributed by atoms with E-state index in [-0.39, 0.29) is 24.3 Å². The molecule has 0 N–H and O–H groups in total. The fraction of sp³-hybridized carbons (Fsp3) is 0.786. The van der Waals surface area contributed by atoms with Gasteiger partial charge in [-0.05, 0) is 48.0 Å². The van der Waals surface area contributed by atoms with Crippen molar-refractivity contribution in [2.75, 3.05) is 6.61 Å². The quantitative estimate of drug-likeness (QED) is 0.568. The highest BCUT2D eigenvalue weighted by molar-refractivity contribution is 6.51. The van der Waals surface area contributed by atoms with Crippen molar-refractivity contribution in [1.29, 1.82) is 0 Å². The van der Waals surface area contributed by atoms with Crippen LogP contribution in [-0.4, -0.2) is 30.9 Å². The summed E-state index contributed by atoms with van der Waals surface area (Å²) in [4.78, 5) is 11.3. The highest BCUT2D eigenvalue weighted by atomic mass is 16.7. The third-order valence-electron chi connectivity index (χ3n) is 3.72. The molecule has 0 amide bonds. The topological polar surface area (TPSA) is 44.8 Å². The van der Waals surface area contributed by atoms with Gasteiger partial charge in [0.05, 0.1) is 17.8 Å². The minimum atomic E-state index is -0.341. The van der Waals surface area contributed by atoms with Crippen molar-refractivity contribution in [3.05, 3.63) is 11.5 Å². The lowest BCUT2D eigenvalue weighted by atomic mass is 9.86. The van der Waals surface area contributed by atoms with Gasteiger partial charge in [0.25, 0.3) is 0 Å². The number of ether oxygens (including phenoxy) is 1. The molecule has 1 heterocycles. The molecule has 108 valence electrons. The second-order valence-electron chi connectivity index (χ2n) is 5.94. The van der Waals surface area contributed by atoms with Gasteiger partial charge < -0.3 is 14.0 Å². The number of esters is 1. The van der Waals surface area contributed by atoms with Gasteiger partial charge in [0.15, 0.2) is 0 Å². The van der Waals surface area contributed by atoms with E-state index in [9.17, 15) is 4.79 Å². The highest BCUT2D eigenvalue weighted by Crippen LogP contribution is 2.37. The van der Waals surface area contributed by atoms with E-state index in [0.717, 1.165) is 5.57 Å². The van der Waals surface area contributed by atoms with E-state index >= 15 is 0 Å². The summed E-state index contributed by atoms with van der Waals surface area (Å²) in [7, 11) is -0.341. The van der Waals surface area contributed by atoms with Crippen molar-refractivity contribution in [2.24, 2.45) is 0 Å². The van der Waals surface area contributed by atoms with Crippen molar-refractivity contribution in [3.8, 4) is 0 Å². The number of hydrogen-bond donors (Lipinski definition) is 0. The lowest BCUT2D eigenvalue weighted by Gasteiger charge is -2.32. The molecular weight excluding hydrogens is 243 g/mol. The number of carbonyl (C=O) groups excluding carboxylic acids is 1. The summed E-state index contributed by atoms with van der Waals surface area (Å²) in [6.07, 6.45) is 1.07. The Labute approximate surface area is 116 Å². The number of rotatable bonds is 5. The van der Waals surface area contributed by atoms with Crippen LogP contribution in [0.25, 0.3) is 0 Å². The molecule has 0 bridgehead atoms. The Morgan fingerprint density at radius 2 is 1.68 bits per heavy atom. The van der Waals surface area contributed by atoms with Gasteiger partial charge in [-0.2, -0.15) is 0 Å². The largest absolute Gasteiger partial charge is 0.487 e. The molecule has 0 aromatic rings. The molecule has 0 saturated carbocycles. The van der Waals surface area contributed by atoms with Crippen molar-refractivity contribution < 1.29 is 18.8 Å². The molecule has 1 aliphatic rings. The van der Waals surface area contributed by atoms with Crippen LogP contribution < -0.4 is 0 Å². The molecule has 0 unspecified atom stereocenters. The van der Waals surface area contributed by atoms with Crippen molar-refractivity contribution in [2.45, 2.75) is 65.6 Å². The average molecular weight is 268 g/mol. The summed E-state index contributed by atoms with van der Waals surface area (Å²) in [5.41, 5.74) is 0.428. The van der Waals surface area contributed by atoms with Gasteiger partial charge in [-0.1, -0.05) is 11.5 Å². The van der Waals surface area contributed by atoms with E-state index in [1.54, 1.807) is 0 Å². The Morgan fingerprint density at radius 3 is 2.16 bits per heavy atom. The molecule has 4 nitrogen and oxygen atoms in total. The van der Waals surface area contributed by atoms with Gasteiger partial charge in [0.1, 0.15) is 0 Å². The van der Waals surface area contributed by atoms with Crippen LogP contribution in [0.15, 0.2) is 11.5 Å². The second-order valence-corrected chi connectivity index (χ2v) is 5.94. The molecule has 1 fully saturated rings. The zero-order valence-corrected chi connectivity index (χ0v) is 12.9. The van der Waals surface area contributed by atoms with Gasteiger partial charge in [-0.15, -0.1) is 0 Å². The third-order valence-corrected chi connectivity index (χ3v) is 3.72. The first kappa shape index (κ1) is 16.2. The van der Waals surface area contributed by atoms with Crippen LogP contribution in [0, 0.1) is 0 Å². The van der Waals surface area contributed by atoms with E-state index in [0.29, 0.717) is 19.4 Å². The van der Waals surface area contributed by atoms with Crippen LogP contribution in [0.2, 0.25) is 0 Å². The van der Waals surface area contributed by atoms with Gasteiger partial charge in [-0.25, -0.2) is 0 Å². The maximum Gasteiger partial charge on any atom is 0.487 e. The van der Waals surface area contributed by atoms with E-state index < -0.39 is 0 Å². The molecule has 0 aromatic heterocycles. The summed E-state index contributed by atoms with van der Waals surface area (Å²) < 4.78 is 16.6. The van der Waals surface area contributed by atoms with Crippen LogP contribution in [0.3, 0.4) is 0 Å². The first-order valence-electron chi connectivity index (χ1n) is 6.86. The lowest BCUT2D eigenvalue weighted by Crippen LogP contribution is -2.41. The van der Waals surface area contributed by atoms with Gasteiger partial charge in [0, 0.05) is 6.42 Å². The lowest BCUT2D eigenvalue weighted by molar-refractivity contribution is -0.143. The first-order chi connectivity index (χ1) is 8.68. The first-order valence-corrected chi connectivity index (χ1v) is 6.86. The zero-order chi connectivity index (χ0) is 14.7.